The van der Waals surface area contributed by atoms with E-state index in [-0.39, 0.29) is 11.6 Å². The molecule has 1 aliphatic heterocycles. The lowest BCUT2D eigenvalue weighted by Crippen LogP contribution is -2.10. The van der Waals surface area contributed by atoms with Crippen LogP contribution in [-0.4, -0.2) is 49.1 Å². The van der Waals surface area contributed by atoms with Crippen molar-refractivity contribution in [2.45, 2.75) is 19.3 Å². The number of carboxylic acids is 1. The Morgan fingerprint density at radius 1 is 1.11 bits per heavy atom. The van der Waals surface area contributed by atoms with Crippen LogP contribution in [0.4, 0.5) is 0 Å². The van der Waals surface area contributed by atoms with Crippen molar-refractivity contribution >= 4 is 28.2 Å². The van der Waals surface area contributed by atoms with E-state index in [1.807, 2.05) is 43.3 Å². The average molecular weight is 483 g/mol. The minimum atomic E-state index is -0.985. The number of nitrogens with one attached hydrogen (secondary N) is 2. The van der Waals surface area contributed by atoms with Gasteiger partial charge in [0.05, 0.1) is 28.9 Å². The quantitative estimate of drug-likeness (QED) is 0.326. The molecule has 4 aromatic heterocycles. The summed E-state index contributed by atoms with van der Waals surface area (Å²) >= 11 is 1.45. The van der Waals surface area contributed by atoms with Crippen LogP contribution in [0.3, 0.4) is 0 Å². The molecule has 1 fully saturated rings. The Balaban J connectivity index is 1.41. The van der Waals surface area contributed by atoms with E-state index >= 15 is 0 Å². The average Bonchev–Trinajstić information content (AvgIpc) is 3.63. The molecule has 0 radical (unpaired) electrons. The number of aryl methyl sites for hydroxylation is 1. The highest BCUT2D eigenvalue weighted by Crippen LogP contribution is 2.37. The lowest BCUT2D eigenvalue weighted by atomic mass is 10.0. The number of hydrogen-bond donors (Lipinski definition) is 3. The second-order valence-corrected chi connectivity index (χ2v) is 9.68. The molecule has 35 heavy (non-hydrogen) atoms. The van der Waals surface area contributed by atoms with Crippen LogP contribution in [0.25, 0.3) is 44.1 Å². The van der Waals surface area contributed by atoms with Crippen LogP contribution in [0.5, 0.6) is 0 Å². The summed E-state index contributed by atoms with van der Waals surface area (Å²) in [5.74, 6) is -0.804. The third kappa shape index (κ3) is 3.98. The number of pyridine rings is 2. The highest BCUT2D eigenvalue weighted by Gasteiger charge is 2.27. The molecular formula is C26H22N6O2S. The molecule has 3 N–H and O–H groups in total. The Morgan fingerprint density at radius 2 is 2.00 bits per heavy atom. The maximum absolute atomic E-state index is 11.9. The summed E-state index contributed by atoms with van der Waals surface area (Å²) in [6, 6.07) is 13.9. The van der Waals surface area contributed by atoms with Crippen molar-refractivity contribution in [3.63, 3.8) is 0 Å². The zero-order valence-corrected chi connectivity index (χ0v) is 19.8. The van der Waals surface area contributed by atoms with E-state index in [0.717, 1.165) is 69.2 Å². The molecule has 0 spiro atoms. The zero-order chi connectivity index (χ0) is 23.9. The summed E-state index contributed by atoms with van der Waals surface area (Å²) in [4.78, 5) is 34.2. The molecule has 1 saturated heterocycles. The maximum atomic E-state index is 11.9. The number of nitrogens with zero attached hydrogens (tertiary/aromatic N) is 4. The standard InChI is InChI=1S/C26H22N6O2S/c1-14-3-2-4-20(31-14)22-21(29-13-30-22)15-5-6-19-17(9-15)10-18(12-28-19)25-32-23(26(33)34)24(35-25)16-7-8-27-11-16/h2-6,9-10,12-13,16,27H,7-8,11H2,1H3,(H,29,30)(H,33,34)/t16-/m1/s1. The number of fused-ring (bicyclic) bond motifs is 1. The molecule has 5 heterocycles. The van der Waals surface area contributed by atoms with Gasteiger partial charge in [0.1, 0.15) is 5.01 Å². The molecule has 174 valence electrons. The van der Waals surface area contributed by atoms with Crippen LogP contribution in [-0.2, 0) is 0 Å². The summed E-state index contributed by atoms with van der Waals surface area (Å²) in [5.41, 5.74) is 6.19. The fourth-order valence-corrected chi connectivity index (χ4v) is 5.72. The molecule has 1 atom stereocenters. The predicted molar refractivity (Wildman–Crippen MR) is 136 cm³/mol. The number of benzene rings is 1. The van der Waals surface area contributed by atoms with Gasteiger partial charge in [0.25, 0.3) is 0 Å². The van der Waals surface area contributed by atoms with Crippen molar-refractivity contribution in [2.75, 3.05) is 13.1 Å². The van der Waals surface area contributed by atoms with E-state index in [1.165, 1.54) is 11.3 Å². The van der Waals surface area contributed by atoms with Crippen LogP contribution in [0.2, 0.25) is 0 Å². The Morgan fingerprint density at radius 3 is 2.80 bits per heavy atom. The number of imidazole rings is 1. The van der Waals surface area contributed by atoms with E-state index in [9.17, 15) is 9.90 Å². The second-order valence-electron chi connectivity index (χ2n) is 8.65. The number of thiazole rings is 1. The first kappa shape index (κ1) is 21.6. The van der Waals surface area contributed by atoms with Crippen molar-refractivity contribution in [1.82, 2.24) is 30.2 Å². The van der Waals surface area contributed by atoms with Crippen molar-refractivity contribution in [3.8, 4) is 33.2 Å². The minimum Gasteiger partial charge on any atom is -0.476 e. The van der Waals surface area contributed by atoms with Crippen LogP contribution in [0.15, 0.2) is 55.0 Å². The fraction of sp³-hybridized carbons (Fsp3) is 0.192. The molecule has 6 rings (SSSR count). The minimum absolute atomic E-state index is 0.152. The van der Waals surface area contributed by atoms with Gasteiger partial charge in [-0.05, 0) is 50.2 Å². The summed E-state index contributed by atoms with van der Waals surface area (Å²) < 4.78 is 0. The monoisotopic (exact) mass is 482 g/mol. The van der Waals surface area contributed by atoms with Crippen LogP contribution in [0.1, 0.15) is 33.4 Å². The number of aromatic amines is 1. The molecule has 1 aliphatic rings. The van der Waals surface area contributed by atoms with Crippen molar-refractivity contribution in [2.24, 2.45) is 0 Å². The first-order valence-electron chi connectivity index (χ1n) is 11.4. The number of H-pyrrole nitrogens is 1. The highest BCUT2D eigenvalue weighted by atomic mass is 32.1. The second kappa shape index (κ2) is 8.68. The van der Waals surface area contributed by atoms with Gasteiger partial charge < -0.3 is 15.4 Å². The molecule has 9 heteroatoms. The van der Waals surface area contributed by atoms with Crippen LogP contribution in [0, 0.1) is 6.92 Å². The van der Waals surface area contributed by atoms with Gasteiger partial charge in [-0.3, -0.25) is 9.97 Å². The van der Waals surface area contributed by atoms with Gasteiger partial charge in [-0.1, -0.05) is 12.1 Å². The molecule has 8 nitrogen and oxygen atoms in total. The highest BCUT2D eigenvalue weighted by molar-refractivity contribution is 7.15. The van der Waals surface area contributed by atoms with Gasteiger partial charge in [0.2, 0.25) is 0 Å². The molecule has 0 amide bonds. The lowest BCUT2D eigenvalue weighted by Gasteiger charge is -2.06. The predicted octanol–water partition coefficient (Wildman–Crippen LogP) is 4.89. The van der Waals surface area contributed by atoms with E-state index in [1.54, 1.807) is 12.5 Å². The summed E-state index contributed by atoms with van der Waals surface area (Å²) in [6.07, 6.45) is 4.36. The number of carbonyl (C=O) groups is 1. The van der Waals surface area contributed by atoms with E-state index in [0.29, 0.717) is 5.01 Å². The van der Waals surface area contributed by atoms with Crippen LogP contribution < -0.4 is 5.32 Å². The number of carboxylic acid groups (broad SMARTS) is 1. The van der Waals surface area contributed by atoms with Gasteiger partial charge in [-0.25, -0.2) is 14.8 Å². The molecule has 0 saturated carbocycles. The zero-order valence-electron chi connectivity index (χ0n) is 18.9. The van der Waals surface area contributed by atoms with Crippen molar-refractivity contribution < 1.29 is 9.90 Å². The number of aromatic carboxylic acids is 1. The Bertz CT molecular complexity index is 1570. The topological polar surface area (TPSA) is 117 Å². The van der Waals surface area contributed by atoms with Crippen molar-refractivity contribution in [1.29, 1.82) is 0 Å². The largest absolute Gasteiger partial charge is 0.476 e. The van der Waals surface area contributed by atoms with E-state index in [4.69, 9.17) is 0 Å². The third-order valence-electron chi connectivity index (χ3n) is 6.27. The smallest absolute Gasteiger partial charge is 0.355 e. The number of rotatable bonds is 5. The Labute approximate surface area is 205 Å². The molecule has 0 aliphatic carbocycles. The third-order valence-corrected chi connectivity index (χ3v) is 7.54. The maximum Gasteiger partial charge on any atom is 0.355 e. The molecule has 5 aromatic rings. The SMILES string of the molecule is Cc1cccc(-c2[nH]cnc2-c2ccc3ncc(-c4nc(C(=O)O)c([C@@H]5CCNC5)s4)cc3c2)n1. The van der Waals surface area contributed by atoms with Crippen LogP contribution >= 0.6 is 11.3 Å². The molecule has 0 unspecified atom stereocenters. The van der Waals surface area contributed by atoms with E-state index < -0.39 is 5.97 Å². The van der Waals surface area contributed by atoms with Gasteiger partial charge in [0.15, 0.2) is 5.69 Å². The van der Waals surface area contributed by atoms with E-state index in [2.05, 4.69) is 36.3 Å². The first-order chi connectivity index (χ1) is 17.1. The fourth-order valence-electron chi connectivity index (χ4n) is 4.55. The lowest BCUT2D eigenvalue weighted by molar-refractivity contribution is 0.0690. The Kier molecular flexibility index (Phi) is 5.35. The number of hydrogen-bond acceptors (Lipinski definition) is 7. The first-order valence-corrected chi connectivity index (χ1v) is 12.2. The van der Waals surface area contributed by atoms with Crippen molar-refractivity contribution in [3.05, 3.63) is 71.3 Å². The number of aromatic nitrogens is 5. The van der Waals surface area contributed by atoms with Gasteiger partial charge >= 0.3 is 5.97 Å². The summed E-state index contributed by atoms with van der Waals surface area (Å²) in [7, 11) is 0. The van der Waals surface area contributed by atoms with Gasteiger partial charge in [0, 0.05) is 45.7 Å². The van der Waals surface area contributed by atoms with Gasteiger partial charge in [-0.15, -0.1) is 11.3 Å². The summed E-state index contributed by atoms with van der Waals surface area (Å²) in [5, 5.41) is 14.6. The molecule has 1 aromatic carbocycles. The molecular weight excluding hydrogens is 460 g/mol. The normalized spacial score (nSPS) is 15.6. The van der Waals surface area contributed by atoms with Gasteiger partial charge in [-0.2, -0.15) is 0 Å². The summed E-state index contributed by atoms with van der Waals surface area (Å²) in [6.45, 7) is 3.64. The molecule has 0 bridgehead atoms. The Hall–Kier alpha value is -3.95.